The average molecular weight is 249 g/mol. The van der Waals surface area contributed by atoms with Crippen LogP contribution in [0, 0.1) is 0 Å². The summed E-state index contributed by atoms with van der Waals surface area (Å²) in [5.74, 6) is 0.785. The Balaban J connectivity index is 2.15. The molecule has 0 spiro atoms. The number of carbonyl (C=O) groups is 1. The zero-order valence-corrected chi connectivity index (χ0v) is 10.9. The summed E-state index contributed by atoms with van der Waals surface area (Å²) in [7, 11) is 1.63. The van der Waals surface area contributed by atoms with E-state index in [4.69, 9.17) is 9.47 Å². The van der Waals surface area contributed by atoms with Gasteiger partial charge in [0.25, 0.3) is 0 Å². The summed E-state index contributed by atoms with van der Waals surface area (Å²) < 4.78 is 10.5. The molecule has 0 radical (unpaired) electrons. The van der Waals surface area contributed by atoms with Crippen LogP contribution in [0.15, 0.2) is 24.3 Å². The van der Waals surface area contributed by atoms with Gasteiger partial charge < -0.3 is 9.47 Å². The molecule has 0 aromatic heterocycles. The van der Waals surface area contributed by atoms with Crippen LogP contribution in [0.3, 0.4) is 0 Å². The Kier molecular flexibility index (Phi) is 4.07. The molecular formula is C14H19NO3. The normalized spacial score (nSPS) is 20.9. The molecule has 0 N–H and O–H groups in total. The van der Waals surface area contributed by atoms with Crippen LogP contribution in [0.5, 0.6) is 5.75 Å². The lowest BCUT2D eigenvalue weighted by atomic mass is 10.1. The maximum atomic E-state index is 12.0. The lowest BCUT2D eigenvalue weighted by Crippen LogP contribution is -2.36. The highest BCUT2D eigenvalue weighted by Gasteiger charge is 2.21. The van der Waals surface area contributed by atoms with Crippen LogP contribution >= 0.6 is 0 Å². The van der Waals surface area contributed by atoms with E-state index in [1.54, 1.807) is 12.0 Å². The van der Waals surface area contributed by atoms with Crippen molar-refractivity contribution in [1.82, 2.24) is 0 Å². The average Bonchev–Trinajstić information content (AvgIpc) is 2.37. The second-order valence-corrected chi connectivity index (χ2v) is 4.54. The number of nitrogens with zero attached hydrogens (tertiary/aromatic N) is 1. The van der Waals surface area contributed by atoms with Crippen molar-refractivity contribution in [2.24, 2.45) is 0 Å². The van der Waals surface area contributed by atoms with Gasteiger partial charge in [0.05, 0.1) is 7.11 Å². The Morgan fingerprint density at radius 3 is 2.67 bits per heavy atom. The summed E-state index contributed by atoms with van der Waals surface area (Å²) in [6, 6.07) is 7.47. The fourth-order valence-electron chi connectivity index (χ4n) is 2.08. The van der Waals surface area contributed by atoms with E-state index in [0.717, 1.165) is 30.7 Å². The lowest BCUT2D eigenvalue weighted by molar-refractivity contribution is 0.103. The minimum Gasteiger partial charge on any atom is -0.497 e. The molecule has 1 amide bonds. The first-order valence-electron chi connectivity index (χ1n) is 6.33. The van der Waals surface area contributed by atoms with Crippen LogP contribution in [0.2, 0.25) is 0 Å². The van der Waals surface area contributed by atoms with Crippen molar-refractivity contribution in [1.29, 1.82) is 0 Å². The summed E-state index contributed by atoms with van der Waals surface area (Å²) in [6.45, 7) is 2.65. The summed E-state index contributed by atoms with van der Waals surface area (Å²) in [5.41, 5.74) is 0.856. The highest BCUT2D eigenvalue weighted by molar-refractivity contribution is 5.87. The number of carbonyl (C=O) groups excluding carboxylic acids is 1. The van der Waals surface area contributed by atoms with Gasteiger partial charge in [0.1, 0.15) is 11.9 Å². The highest BCUT2D eigenvalue weighted by atomic mass is 16.6. The van der Waals surface area contributed by atoms with Crippen LogP contribution in [-0.2, 0) is 4.74 Å². The molecule has 1 atom stereocenters. The largest absolute Gasteiger partial charge is 0.497 e. The van der Waals surface area contributed by atoms with Crippen molar-refractivity contribution in [3.63, 3.8) is 0 Å². The van der Waals surface area contributed by atoms with E-state index in [0.29, 0.717) is 6.54 Å². The summed E-state index contributed by atoms with van der Waals surface area (Å²) in [5, 5.41) is 0. The van der Waals surface area contributed by atoms with Crippen LogP contribution in [-0.4, -0.2) is 25.9 Å². The Morgan fingerprint density at radius 1 is 1.28 bits per heavy atom. The van der Waals surface area contributed by atoms with E-state index in [-0.39, 0.29) is 12.2 Å². The number of ether oxygens (including phenoxy) is 2. The van der Waals surface area contributed by atoms with Crippen LogP contribution in [0.25, 0.3) is 0 Å². The smallest absolute Gasteiger partial charge is 0.414 e. The van der Waals surface area contributed by atoms with E-state index >= 15 is 0 Å². The zero-order valence-electron chi connectivity index (χ0n) is 10.9. The fraction of sp³-hybridized carbons (Fsp3) is 0.500. The molecule has 1 unspecified atom stereocenters. The number of cyclic esters (lactones) is 1. The third kappa shape index (κ3) is 2.94. The molecule has 0 saturated carbocycles. The van der Waals surface area contributed by atoms with E-state index in [9.17, 15) is 4.79 Å². The van der Waals surface area contributed by atoms with Crippen molar-refractivity contribution in [3.05, 3.63) is 24.3 Å². The minimum absolute atomic E-state index is 0.00134. The Labute approximate surface area is 107 Å². The molecule has 0 bridgehead atoms. The molecule has 0 aliphatic carbocycles. The third-order valence-corrected chi connectivity index (χ3v) is 3.15. The molecule has 4 heteroatoms. The maximum absolute atomic E-state index is 12.0. The van der Waals surface area contributed by atoms with E-state index in [2.05, 4.69) is 0 Å². The molecule has 4 nitrogen and oxygen atoms in total. The lowest BCUT2D eigenvalue weighted by Gasteiger charge is -2.27. The number of benzene rings is 1. The number of amides is 1. The second kappa shape index (κ2) is 5.76. The Hall–Kier alpha value is -1.71. The molecule has 98 valence electrons. The van der Waals surface area contributed by atoms with Crippen LogP contribution in [0.1, 0.15) is 26.2 Å². The number of hydrogen-bond donors (Lipinski definition) is 0. The van der Waals surface area contributed by atoms with Gasteiger partial charge in [-0.15, -0.1) is 0 Å². The standard InChI is InChI=1S/C14H19NO3/c1-11-5-3-4-10-15(14(16)18-11)12-6-8-13(17-2)9-7-12/h6-9,11H,3-5,10H2,1-2H3. The second-order valence-electron chi connectivity index (χ2n) is 4.54. The molecule has 1 aliphatic heterocycles. The van der Waals surface area contributed by atoms with Gasteiger partial charge in [-0.05, 0) is 50.5 Å². The van der Waals surface area contributed by atoms with Gasteiger partial charge in [-0.25, -0.2) is 4.79 Å². The number of rotatable bonds is 2. The Bertz CT molecular complexity index is 402. The minimum atomic E-state index is -0.257. The fourth-order valence-corrected chi connectivity index (χ4v) is 2.08. The first kappa shape index (κ1) is 12.7. The van der Waals surface area contributed by atoms with E-state index in [1.165, 1.54) is 0 Å². The van der Waals surface area contributed by atoms with E-state index < -0.39 is 0 Å². The predicted octanol–water partition coefficient (Wildman–Crippen LogP) is 3.21. The molecule has 18 heavy (non-hydrogen) atoms. The topological polar surface area (TPSA) is 38.8 Å². The van der Waals surface area contributed by atoms with Gasteiger partial charge >= 0.3 is 6.09 Å². The summed E-state index contributed by atoms with van der Waals surface area (Å²) in [6.07, 6.45) is 2.78. The monoisotopic (exact) mass is 249 g/mol. The van der Waals surface area contributed by atoms with Gasteiger partial charge in [0.2, 0.25) is 0 Å². The van der Waals surface area contributed by atoms with Gasteiger partial charge in [0.15, 0.2) is 0 Å². The molecule has 1 aromatic rings. The summed E-state index contributed by atoms with van der Waals surface area (Å²) in [4.78, 5) is 13.7. The SMILES string of the molecule is COc1ccc(N2CCCCC(C)OC2=O)cc1. The summed E-state index contributed by atoms with van der Waals surface area (Å²) >= 11 is 0. The van der Waals surface area contributed by atoms with Crippen LogP contribution < -0.4 is 9.64 Å². The molecule has 2 rings (SSSR count). The maximum Gasteiger partial charge on any atom is 0.414 e. The number of anilines is 1. The number of hydrogen-bond acceptors (Lipinski definition) is 3. The van der Waals surface area contributed by atoms with Crippen molar-refractivity contribution < 1.29 is 14.3 Å². The molecule has 1 aromatic carbocycles. The van der Waals surface area contributed by atoms with Crippen LogP contribution in [0.4, 0.5) is 10.5 Å². The molecule has 1 saturated heterocycles. The first-order chi connectivity index (χ1) is 8.70. The highest BCUT2D eigenvalue weighted by Crippen LogP contribution is 2.22. The third-order valence-electron chi connectivity index (χ3n) is 3.15. The molecular weight excluding hydrogens is 230 g/mol. The van der Waals surface area contributed by atoms with E-state index in [1.807, 2.05) is 31.2 Å². The Morgan fingerprint density at radius 2 is 2.00 bits per heavy atom. The molecule has 1 aliphatic rings. The predicted molar refractivity (Wildman–Crippen MR) is 70.1 cm³/mol. The van der Waals surface area contributed by atoms with Crippen molar-refractivity contribution in [3.8, 4) is 5.75 Å². The van der Waals surface area contributed by atoms with Gasteiger partial charge in [-0.1, -0.05) is 0 Å². The number of methoxy groups -OCH3 is 1. The van der Waals surface area contributed by atoms with Gasteiger partial charge in [-0.3, -0.25) is 4.90 Å². The quantitative estimate of drug-likeness (QED) is 0.807. The zero-order chi connectivity index (χ0) is 13.0. The van der Waals surface area contributed by atoms with Gasteiger partial charge in [0, 0.05) is 12.2 Å². The molecule has 1 fully saturated rings. The van der Waals surface area contributed by atoms with Crippen molar-refractivity contribution in [2.45, 2.75) is 32.3 Å². The van der Waals surface area contributed by atoms with Gasteiger partial charge in [-0.2, -0.15) is 0 Å². The molecule has 1 heterocycles. The van der Waals surface area contributed by atoms with Crippen molar-refractivity contribution in [2.75, 3.05) is 18.6 Å². The van der Waals surface area contributed by atoms with Crippen molar-refractivity contribution >= 4 is 11.8 Å². The first-order valence-corrected chi connectivity index (χ1v) is 6.33.